The number of carbonyl (C=O) groups excluding carboxylic acids is 2. The molecule has 4 rings (SSSR count). The molecule has 0 aliphatic rings. The van der Waals surface area contributed by atoms with E-state index in [9.17, 15) is 9.59 Å². The highest BCUT2D eigenvalue weighted by molar-refractivity contribution is 8.00. The first-order chi connectivity index (χ1) is 15.6. The number of aromatic nitrogens is 1. The Morgan fingerprint density at radius 2 is 1.88 bits per heavy atom. The third-order valence-electron chi connectivity index (χ3n) is 4.34. The molecule has 2 amide bonds. The zero-order valence-electron chi connectivity index (χ0n) is 17.0. The Balaban J connectivity index is 1.30. The number of anilines is 2. The van der Waals surface area contributed by atoms with Crippen LogP contribution >= 0.6 is 34.4 Å². The minimum absolute atomic E-state index is 0.130. The van der Waals surface area contributed by atoms with Gasteiger partial charge in [0.2, 0.25) is 5.91 Å². The molecular formula is C23H19N3O3S3. The van der Waals surface area contributed by atoms with Crippen LogP contribution in [0.2, 0.25) is 0 Å². The summed E-state index contributed by atoms with van der Waals surface area (Å²) < 4.78 is 5.11. The smallest absolute Gasteiger partial charge is 0.255 e. The van der Waals surface area contributed by atoms with E-state index in [4.69, 9.17) is 4.74 Å². The lowest BCUT2D eigenvalue weighted by Gasteiger charge is -2.08. The van der Waals surface area contributed by atoms with Crippen molar-refractivity contribution >= 4 is 57.1 Å². The van der Waals surface area contributed by atoms with Crippen molar-refractivity contribution in [1.29, 1.82) is 0 Å². The van der Waals surface area contributed by atoms with Gasteiger partial charge in [-0.1, -0.05) is 12.1 Å². The van der Waals surface area contributed by atoms with E-state index in [2.05, 4.69) is 15.6 Å². The SMILES string of the molecule is COc1ccc(C(=O)Nc2cccc(SCC(=O)Nc3nc(-c4cccs4)cs3)c2)cc1. The lowest BCUT2D eigenvalue weighted by atomic mass is 10.2. The van der Waals surface area contributed by atoms with Gasteiger partial charge in [0.25, 0.3) is 5.91 Å². The number of benzene rings is 2. The molecule has 0 saturated carbocycles. The molecule has 0 saturated heterocycles. The molecule has 6 nitrogen and oxygen atoms in total. The third-order valence-corrected chi connectivity index (χ3v) is 6.98. The van der Waals surface area contributed by atoms with Gasteiger partial charge in [0.15, 0.2) is 5.13 Å². The van der Waals surface area contributed by atoms with Crippen LogP contribution in [0.5, 0.6) is 5.75 Å². The van der Waals surface area contributed by atoms with Crippen LogP contribution in [-0.2, 0) is 4.79 Å². The predicted molar refractivity (Wildman–Crippen MR) is 132 cm³/mol. The first-order valence-electron chi connectivity index (χ1n) is 9.58. The quantitative estimate of drug-likeness (QED) is 0.308. The highest BCUT2D eigenvalue weighted by Crippen LogP contribution is 2.28. The minimum atomic E-state index is -0.210. The van der Waals surface area contributed by atoms with Crippen molar-refractivity contribution in [2.75, 3.05) is 23.5 Å². The van der Waals surface area contributed by atoms with E-state index in [1.807, 2.05) is 47.2 Å². The van der Waals surface area contributed by atoms with Crippen LogP contribution < -0.4 is 15.4 Å². The number of hydrogen-bond acceptors (Lipinski definition) is 7. The number of carbonyl (C=O) groups is 2. The molecule has 2 N–H and O–H groups in total. The Hall–Kier alpha value is -3.14. The minimum Gasteiger partial charge on any atom is -0.497 e. The summed E-state index contributed by atoms with van der Waals surface area (Å²) in [5, 5.41) is 10.2. The number of hydrogen-bond donors (Lipinski definition) is 2. The largest absolute Gasteiger partial charge is 0.497 e. The van der Waals surface area contributed by atoms with Crippen molar-refractivity contribution in [3.05, 3.63) is 77.0 Å². The summed E-state index contributed by atoms with van der Waals surface area (Å²) in [6, 6.07) is 18.3. The molecule has 0 aliphatic carbocycles. The van der Waals surface area contributed by atoms with Crippen LogP contribution in [0.15, 0.2) is 76.3 Å². The second-order valence-electron chi connectivity index (χ2n) is 6.56. The summed E-state index contributed by atoms with van der Waals surface area (Å²) in [6.45, 7) is 0. The highest BCUT2D eigenvalue weighted by atomic mass is 32.2. The van der Waals surface area contributed by atoms with Crippen LogP contribution in [0.4, 0.5) is 10.8 Å². The molecule has 162 valence electrons. The Morgan fingerprint density at radius 3 is 2.62 bits per heavy atom. The van der Waals surface area contributed by atoms with Gasteiger partial charge in [-0.25, -0.2) is 4.98 Å². The molecule has 32 heavy (non-hydrogen) atoms. The Morgan fingerprint density at radius 1 is 1.03 bits per heavy atom. The fourth-order valence-corrected chi connectivity index (χ4v) is 5.02. The van der Waals surface area contributed by atoms with Crippen molar-refractivity contribution in [2.24, 2.45) is 0 Å². The van der Waals surface area contributed by atoms with Crippen LogP contribution in [-0.4, -0.2) is 29.7 Å². The molecule has 0 fully saturated rings. The normalized spacial score (nSPS) is 10.5. The zero-order valence-corrected chi connectivity index (χ0v) is 19.5. The van der Waals surface area contributed by atoms with Crippen LogP contribution in [0.25, 0.3) is 10.6 Å². The van der Waals surface area contributed by atoms with E-state index in [-0.39, 0.29) is 17.6 Å². The number of nitrogens with zero attached hydrogens (tertiary/aromatic N) is 1. The van der Waals surface area contributed by atoms with E-state index in [0.29, 0.717) is 22.1 Å². The number of thiophene rings is 1. The fraction of sp³-hybridized carbons (Fsp3) is 0.0870. The molecule has 0 aliphatic heterocycles. The number of rotatable bonds is 8. The average molecular weight is 482 g/mol. The molecule has 4 aromatic rings. The lowest BCUT2D eigenvalue weighted by molar-refractivity contribution is -0.113. The predicted octanol–water partition coefficient (Wildman–Crippen LogP) is 5.86. The molecule has 2 heterocycles. The number of thiazole rings is 1. The summed E-state index contributed by atoms with van der Waals surface area (Å²) in [4.78, 5) is 31.2. The maximum atomic E-state index is 12.5. The van der Waals surface area contributed by atoms with Crippen LogP contribution in [0, 0.1) is 0 Å². The summed E-state index contributed by atoms with van der Waals surface area (Å²) in [5.41, 5.74) is 2.07. The van der Waals surface area contributed by atoms with Gasteiger partial charge in [-0.05, 0) is 53.9 Å². The maximum absolute atomic E-state index is 12.5. The van der Waals surface area contributed by atoms with Gasteiger partial charge in [0, 0.05) is 21.5 Å². The van der Waals surface area contributed by atoms with Gasteiger partial charge in [-0.15, -0.1) is 34.4 Å². The van der Waals surface area contributed by atoms with E-state index < -0.39 is 0 Å². The van der Waals surface area contributed by atoms with Crippen molar-refractivity contribution in [3.8, 4) is 16.3 Å². The Bertz CT molecular complexity index is 1200. The van der Waals surface area contributed by atoms with Gasteiger partial charge >= 0.3 is 0 Å². The van der Waals surface area contributed by atoms with Gasteiger partial charge in [0.05, 0.1) is 23.4 Å². The number of ether oxygens (including phenoxy) is 1. The van der Waals surface area contributed by atoms with Crippen LogP contribution in [0.3, 0.4) is 0 Å². The highest BCUT2D eigenvalue weighted by Gasteiger charge is 2.10. The van der Waals surface area contributed by atoms with Crippen molar-refractivity contribution in [3.63, 3.8) is 0 Å². The van der Waals surface area contributed by atoms with Gasteiger partial charge in [-0.2, -0.15) is 0 Å². The Labute approximate surface area is 197 Å². The summed E-state index contributed by atoms with van der Waals surface area (Å²) >= 11 is 4.41. The monoisotopic (exact) mass is 481 g/mol. The van der Waals surface area contributed by atoms with E-state index in [1.165, 1.54) is 23.1 Å². The van der Waals surface area contributed by atoms with E-state index in [1.54, 1.807) is 42.7 Å². The first kappa shape index (κ1) is 22.1. The zero-order chi connectivity index (χ0) is 22.3. The van der Waals surface area contributed by atoms with Crippen molar-refractivity contribution in [1.82, 2.24) is 4.98 Å². The standard InChI is InChI=1S/C23H19N3O3S3/c1-29-17-9-7-15(8-10-17)22(28)24-16-4-2-5-18(12-16)31-14-21(27)26-23-25-19(13-32-23)20-6-3-11-30-20/h2-13H,14H2,1H3,(H,24,28)(H,25,26,27). The third kappa shape index (κ3) is 5.76. The van der Waals surface area contributed by atoms with Crippen molar-refractivity contribution in [2.45, 2.75) is 4.90 Å². The second-order valence-corrected chi connectivity index (χ2v) is 9.42. The first-order valence-corrected chi connectivity index (χ1v) is 12.3. The topological polar surface area (TPSA) is 80.3 Å². The van der Waals surface area contributed by atoms with Gasteiger partial charge in [-0.3, -0.25) is 9.59 Å². The number of thioether (sulfide) groups is 1. The van der Waals surface area contributed by atoms with Gasteiger partial charge in [0.1, 0.15) is 5.75 Å². The fourth-order valence-electron chi connectivity index (χ4n) is 2.78. The lowest BCUT2D eigenvalue weighted by Crippen LogP contribution is -2.14. The molecule has 0 atom stereocenters. The maximum Gasteiger partial charge on any atom is 0.255 e. The second kappa shape index (κ2) is 10.4. The number of amides is 2. The van der Waals surface area contributed by atoms with E-state index in [0.717, 1.165) is 15.5 Å². The Kier molecular flexibility index (Phi) is 7.21. The summed E-state index contributed by atoms with van der Waals surface area (Å²) in [7, 11) is 1.58. The molecular weight excluding hydrogens is 462 g/mol. The molecule has 2 aromatic heterocycles. The molecule has 9 heteroatoms. The summed E-state index contributed by atoms with van der Waals surface area (Å²) in [5.74, 6) is 0.593. The molecule has 2 aromatic carbocycles. The molecule has 0 spiro atoms. The summed E-state index contributed by atoms with van der Waals surface area (Å²) in [6.07, 6.45) is 0. The average Bonchev–Trinajstić information content (AvgIpc) is 3.50. The molecule has 0 bridgehead atoms. The number of methoxy groups -OCH3 is 1. The van der Waals surface area contributed by atoms with Crippen molar-refractivity contribution < 1.29 is 14.3 Å². The van der Waals surface area contributed by atoms with Crippen LogP contribution in [0.1, 0.15) is 10.4 Å². The van der Waals surface area contributed by atoms with E-state index >= 15 is 0 Å². The van der Waals surface area contributed by atoms with Gasteiger partial charge < -0.3 is 15.4 Å². The molecule has 0 unspecified atom stereocenters. The number of nitrogens with one attached hydrogen (secondary N) is 2. The molecule has 0 radical (unpaired) electrons.